The standard InChI is InChI=1S/C14H14N2O4/c17-12(18)6-5-11(14(19)20)16-13-10-4-2-1-3-9(10)7-8-15-13/h1-4,7-8,11H,5-6H2,(H,15,16)(H,17,18)(H,19,20). The molecule has 0 aliphatic rings. The Labute approximate surface area is 115 Å². The number of rotatable bonds is 6. The number of nitrogens with zero attached hydrogens (tertiary/aromatic N) is 1. The highest BCUT2D eigenvalue weighted by Gasteiger charge is 2.19. The lowest BCUT2D eigenvalue weighted by Crippen LogP contribution is -2.30. The average molecular weight is 274 g/mol. The van der Waals surface area contributed by atoms with Crippen LogP contribution in [0.1, 0.15) is 12.8 Å². The van der Waals surface area contributed by atoms with Crippen molar-refractivity contribution in [1.82, 2.24) is 4.98 Å². The summed E-state index contributed by atoms with van der Waals surface area (Å²) < 4.78 is 0. The molecule has 2 rings (SSSR count). The van der Waals surface area contributed by atoms with E-state index in [1.807, 2.05) is 30.3 Å². The summed E-state index contributed by atoms with van der Waals surface area (Å²) in [7, 11) is 0. The van der Waals surface area contributed by atoms with Crippen LogP contribution in [0.3, 0.4) is 0 Å². The van der Waals surface area contributed by atoms with Crippen LogP contribution in [-0.4, -0.2) is 33.2 Å². The van der Waals surface area contributed by atoms with E-state index in [9.17, 15) is 9.59 Å². The van der Waals surface area contributed by atoms with E-state index >= 15 is 0 Å². The van der Waals surface area contributed by atoms with Crippen molar-refractivity contribution in [2.45, 2.75) is 18.9 Å². The van der Waals surface area contributed by atoms with Crippen LogP contribution in [0.5, 0.6) is 0 Å². The van der Waals surface area contributed by atoms with Crippen LogP contribution in [0.25, 0.3) is 10.8 Å². The van der Waals surface area contributed by atoms with Gasteiger partial charge in [-0.3, -0.25) is 4.79 Å². The molecule has 2 aromatic rings. The van der Waals surface area contributed by atoms with E-state index in [1.54, 1.807) is 6.20 Å². The van der Waals surface area contributed by atoms with E-state index in [-0.39, 0.29) is 12.8 Å². The van der Waals surface area contributed by atoms with Crippen molar-refractivity contribution in [3.8, 4) is 0 Å². The zero-order valence-corrected chi connectivity index (χ0v) is 10.6. The number of aliphatic carboxylic acids is 2. The molecule has 20 heavy (non-hydrogen) atoms. The Morgan fingerprint density at radius 2 is 1.95 bits per heavy atom. The first-order valence-electron chi connectivity index (χ1n) is 6.13. The summed E-state index contributed by atoms with van der Waals surface area (Å²) in [6, 6.07) is 8.29. The van der Waals surface area contributed by atoms with E-state index in [4.69, 9.17) is 10.2 Å². The van der Waals surface area contributed by atoms with Crippen molar-refractivity contribution in [1.29, 1.82) is 0 Å². The van der Waals surface area contributed by atoms with E-state index in [0.717, 1.165) is 10.8 Å². The third-order valence-electron chi connectivity index (χ3n) is 2.93. The highest BCUT2D eigenvalue weighted by Crippen LogP contribution is 2.21. The molecular weight excluding hydrogens is 260 g/mol. The molecule has 0 aliphatic carbocycles. The van der Waals surface area contributed by atoms with Gasteiger partial charge in [0.05, 0.1) is 0 Å². The fourth-order valence-corrected chi connectivity index (χ4v) is 1.92. The van der Waals surface area contributed by atoms with Crippen LogP contribution in [0.4, 0.5) is 5.82 Å². The molecule has 1 atom stereocenters. The second-order valence-electron chi connectivity index (χ2n) is 4.35. The summed E-state index contributed by atoms with van der Waals surface area (Å²) >= 11 is 0. The van der Waals surface area contributed by atoms with Crippen LogP contribution in [0, 0.1) is 0 Å². The number of benzene rings is 1. The monoisotopic (exact) mass is 274 g/mol. The van der Waals surface area contributed by atoms with Gasteiger partial charge in [-0.05, 0) is 17.9 Å². The van der Waals surface area contributed by atoms with Gasteiger partial charge in [-0.25, -0.2) is 9.78 Å². The van der Waals surface area contributed by atoms with Gasteiger partial charge in [-0.15, -0.1) is 0 Å². The summed E-state index contributed by atoms with van der Waals surface area (Å²) in [5.74, 6) is -1.68. The maximum absolute atomic E-state index is 11.2. The van der Waals surface area contributed by atoms with E-state index in [1.165, 1.54) is 0 Å². The molecule has 0 amide bonds. The molecule has 1 aromatic heterocycles. The molecule has 0 aliphatic heterocycles. The summed E-state index contributed by atoms with van der Waals surface area (Å²) in [5.41, 5.74) is 0. The lowest BCUT2D eigenvalue weighted by molar-refractivity contribution is -0.139. The van der Waals surface area contributed by atoms with Gasteiger partial charge in [0, 0.05) is 18.0 Å². The first-order valence-corrected chi connectivity index (χ1v) is 6.13. The number of carboxylic acids is 2. The van der Waals surface area contributed by atoms with Gasteiger partial charge in [0.2, 0.25) is 0 Å². The van der Waals surface area contributed by atoms with E-state index in [0.29, 0.717) is 5.82 Å². The zero-order chi connectivity index (χ0) is 14.5. The van der Waals surface area contributed by atoms with Crippen LogP contribution in [0.15, 0.2) is 36.5 Å². The topological polar surface area (TPSA) is 99.5 Å². The fourth-order valence-electron chi connectivity index (χ4n) is 1.92. The molecule has 0 saturated carbocycles. The van der Waals surface area contributed by atoms with Gasteiger partial charge in [0.15, 0.2) is 0 Å². The maximum atomic E-state index is 11.2. The number of hydrogen-bond donors (Lipinski definition) is 3. The minimum atomic E-state index is -1.10. The maximum Gasteiger partial charge on any atom is 0.326 e. The van der Waals surface area contributed by atoms with Crippen LogP contribution in [0.2, 0.25) is 0 Å². The van der Waals surface area contributed by atoms with Crippen LogP contribution in [-0.2, 0) is 9.59 Å². The summed E-state index contributed by atoms with van der Waals surface area (Å²) in [5, 5.41) is 22.3. The molecular formula is C14H14N2O4. The number of hydrogen-bond acceptors (Lipinski definition) is 4. The molecule has 0 spiro atoms. The quantitative estimate of drug-likeness (QED) is 0.744. The third kappa shape index (κ3) is 3.23. The highest BCUT2D eigenvalue weighted by molar-refractivity contribution is 5.93. The van der Waals surface area contributed by atoms with Crippen molar-refractivity contribution in [2.24, 2.45) is 0 Å². The smallest absolute Gasteiger partial charge is 0.326 e. The Bertz CT molecular complexity index is 637. The molecule has 1 unspecified atom stereocenters. The number of nitrogens with one attached hydrogen (secondary N) is 1. The van der Waals surface area contributed by atoms with Crippen LogP contribution >= 0.6 is 0 Å². The van der Waals surface area contributed by atoms with Gasteiger partial charge < -0.3 is 15.5 Å². The Morgan fingerprint density at radius 3 is 2.65 bits per heavy atom. The van der Waals surface area contributed by atoms with Gasteiger partial charge in [0.25, 0.3) is 0 Å². The van der Waals surface area contributed by atoms with Gasteiger partial charge >= 0.3 is 11.9 Å². The second-order valence-corrected chi connectivity index (χ2v) is 4.35. The number of carbonyl (C=O) groups is 2. The van der Waals surface area contributed by atoms with E-state index in [2.05, 4.69) is 10.3 Å². The van der Waals surface area contributed by atoms with Gasteiger partial charge in [0.1, 0.15) is 11.9 Å². The number of anilines is 1. The Balaban J connectivity index is 2.24. The Morgan fingerprint density at radius 1 is 1.20 bits per heavy atom. The average Bonchev–Trinajstić information content (AvgIpc) is 2.43. The largest absolute Gasteiger partial charge is 0.481 e. The number of carboxylic acid groups (broad SMARTS) is 2. The first-order chi connectivity index (χ1) is 9.58. The lowest BCUT2D eigenvalue weighted by atomic mass is 10.1. The Hall–Kier alpha value is -2.63. The summed E-state index contributed by atoms with van der Waals surface area (Å²) in [6.45, 7) is 0. The number of pyridine rings is 1. The van der Waals surface area contributed by atoms with Crippen molar-refractivity contribution >= 4 is 28.5 Å². The molecule has 6 heteroatoms. The molecule has 0 bridgehead atoms. The number of aromatic nitrogens is 1. The number of fused-ring (bicyclic) bond motifs is 1. The molecule has 1 aromatic carbocycles. The van der Waals surface area contributed by atoms with E-state index < -0.39 is 18.0 Å². The SMILES string of the molecule is O=C(O)CCC(Nc1nccc2ccccc12)C(=O)O. The summed E-state index contributed by atoms with van der Waals surface area (Å²) in [6.07, 6.45) is 1.37. The molecule has 104 valence electrons. The minimum Gasteiger partial charge on any atom is -0.481 e. The third-order valence-corrected chi connectivity index (χ3v) is 2.93. The van der Waals surface area contributed by atoms with Crippen molar-refractivity contribution < 1.29 is 19.8 Å². The molecule has 0 radical (unpaired) electrons. The predicted octanol–water partition coefficient (Wildman–Crippen LogP) is 1.96. The molecule has 6 nitrogen and oxygen atoms in total. The van der Waals surface area contributed by atoms with Gasteiger partial charge in [-0.1, -0.05) is 24.3 Å². The normalized spacial score (nSPS) is 12.0. The lowest BCUT2D eigenvalue weighted by Gasteiger charge is -2.15. The first kappa shape index (κ1) is 13.8. The van der Waals surface area contributed by atoms with Crippen molar-refractivity contribution in [2.75, 3.05) is 5.32 Å². The van der Waals surface area contributed by atoms with Gasteiger partial charge in [-0.2, -0.15) is 0 Å². The molecule has 0 saturated heterocycles. The fraction of sp³-hybridized carbons (Fsp3) is 0.214. The molecule has 1 heterocycles. The predicted molar refractivity (Wildman–Crippen MR) is 73.7 cm³/mol. The minimum absolute atomic E-state index is 0.00440. The zero-order valence-electron chi connectivity index (χ0n) is 10.6. The molecule has 3 N–H and O–H groups in total. The highest BCUT2D eigenvalue weighted by atomic mass is 16.4. The Kier molecular flexibility index (Phi) is 4.14. The molecule has 0 fully saturated rings. The summed E-state index contributed by atoms with van der Waals surface area (Å²) in [4.78, 5) is 25.9. The second kappa shape index (κ2) is 6.01. The van der Waals surface area contributed by atoms with Crippen molar-refractivity contribution in [3.63, 3.8) is 0 Å². The van der Waals surface area contributed by atoms with Crippen molar-refractivity contribution in [3.05, 3.63) is 36.5 Å². The van der Waals surface area contributed by atoms with Crippen LogP contribution < -0.4 is 5.32 Å².